The van der Waals surface area contributed by atoms with Gasteiger partial charge in [-0.05, 0) is 40.2 Å². The van der Waals surface area contributed by atoms with Crippen LogP contribution in [-0.4, -0.2) is 151 Å². The lowest BCUT2D eigenvalue weighted by Gasteiger charge is -2.36. The van der Waals surface area contributed by atoms with Crippen molar-refractivity contribution in [2.75, 3.05) is 125 Å². The number of morpholine rings is 2. The van der Waals surface area contributed by atoms with E-state index in [2.05, 4.69) is 30.9 Å². The highest BCUT2D eigenvalue weighted by Crippen LogP contribution is 2.32. The Morgan fingerprint density at radius 1 is 0.619 bits per heavy atom. The minimum atomic E-state index is -4.54. The molecule has 4 saturated heterocycles. The van der Waals surface area contributed by atoms with E-state index in [0.717, 1.165) is 10.5 Å². The fourth-order valence-corrected chi connectivity index (χ4v) is 7.80. The normalized spacial score (nSPS) is 17.2. The van der Waals surface area contributed by atoms with Crippen LogP contribution >= 0.6 is 15.9 Å². The summed E-state index contributed by atoms with van der Waals surface area (Å²) in [7, 11) is 0. The minimum Gasteiger partial charge on any atom is -0.378 e. The van der Waals surface area contributed by atoms with Crippen LogP contribution in [0.25, 0.3) is 0 Å². The first-order chi connectivity index (χ1) is 30.3. The number of piperazine rings is 2. The van der Waals surface area contributed by atoms with Crippen molar-refractivity contribution in [1.29, 1.82) is 0 Å². The topological polar surface area (TPSA) is 197 Å². The summed E-state index contributed by atoms with van der Waals surface area (Å²) in [6.45, 7) is 7.79. The van der Waals surface area contributed by atoms with E-state index in [1.165, 1.54) is 36.4 Å². The number of ether oxygens (including phenoxy) is 2. The van der Waals surface area contributed by atoms with Gasteiger partial charge in [0.2, 0.25) is 5.95 Å². The molecule has 0 spiro atoms. The first kappa shape index (κ1) is 44.8. The number of amides is 2. The molecule has 63 heavy (non-hydrogen) atoms. The van der Waals surface area contributed by atoms with Crippen molar-refractivity contribution >= 4 is 62.3 Å². The summed E-state index contributed by atoms with van der Waals surface area (Å²) in [6, 6.07) is 12.5. The molecule has 6 heterocycles. The van der Waals surface area contributed by atoms with Crippen LogP contribution in [0.4, 0.5) is 47.7 Å². The quantitative estimate of drug-likeness (QED) is 0.173. The molecule has 0 atom stereocenters. The number of alkyl halides is 3. The van der Waals surface area contributed by atoms with Crippen molar-refractivity contribution in [3.63, 3.8) is 0 Å². The lowest BCUT2D eigenvalue weighted by Crippen LogP contribution is -2.49. The van der Waals surface area contributed by atoms with Gasteiger partial charge in [0, 0.05) is 115 Å². The van der Waals surface area contributed by atoms with Gasteiger partial charge in [0.25, 0.3) is 23.2 Å². The van der Waals surface area contributed by atoms with Gasteiger partial charge in [0.1, 0.15) is 11.5 Å². The summed E-state index contributed by atoms with van der Waals surface area (Å²) >= 11 is 3.32. The van der Waals surface area contributed by atoms with E-state index in [4.69, 9.17) is 9.47 Å². The second kappa shape index (κ2) is 19.9. The molecule has 0 bridgehead atoms. The summed E-state index contributed by atoms with van der Waals surface area (Å²) in [5.74, 6) is 0.268. The van der Waals surface area contributed by atoms with Crippen LogP contribution in [0, 0.1) is 20.2 Å². The number of nitrogens with zero attached hydrogens (tertiary/aromatic N) is 11. The Hall–Kier alpha value is -6.20. The van der Waals surface area contributed by atoms with Crippen LogP contribution in [0.3, 0.4) is 0 Å². The maximum atomic E-state index is 13.3. The second-order valence-corrected chi connectivity index (χ2v) is 15.7. The summed E-state index contributed by atoms with van der Waals surface area (Å²) < 4.78 is 50.5. The van der Waals surface area contributed by atoms with E-state index >= 15 is 0 Å². The number of benzene rings is 2. The predicted octanol–water partition coefficient (Wildman–Crippen LogP) is 4.75. The number of rotatable bonds is 8. The number of anilines is 4. The molecule has 8 rings (SSSR count). The Balaban J connectivity index is 0.000000190. The highest BCUT2D eigenvalue weighted by Gasteiger charge is 2.34. The Morgan fingerprint density at radius 3 is 1.49 bits per heavy atom. The number of halogens is 4. The molecule has 2 aromatic carbocycles. The van der Waals surface area contributed by atoms with Crippen LogP contribution in [0.15, 0.2) is 71.5 Å². The Kier molecular flexibility index (Phi) is 14.2. The maximum absolute atomic E-state index is 13.3. The van der Waals surface area contributed by atoms with Gasteiger partial charge >= 0.3 is 6.18 Å². The zero-order valence-corrected chi connectivity index (χ0v) is 35.4. The van der Waals surface area contributed by atoms with Gasteiger partial charge < -0.3 is 38.9 Å². The fraction of sp³-hybridized carbons (Fsp3) is 0.425. The number of non-ortho nitro benzene ring substituents is 2. The molecular formula is C40H43BrF3N11O8. The smallest absolute Gasteiger partial charge is 0.378 e. The molecule has 334 valence electrons. The first-order valence-corrected chi connectivity index (χ1v) is 20.9. The summed E-state index contributed by atoms with van der Waals surface area (Å²) in [5.41, 5.74) is 0.685. The van der Waals surface area contributed by atoms with E-state index in [0.29, 0.717) is 115 Å². The third-order valence-electron chi connectivity index (χ3n) is 10.9. The molecule has 4 aromatic rings. The van der Waals surface area contributed by atoms with Crippen molar-refractivity contribution in [2.24, 2.45) is 0 Å². The van der Waals surface area contributed by atoms with E-state index in [1.807, 2.05) is 14.7 Å². The summed E-state index contributed by atoms with van der Waals surface area (Å²) in [4.78, 5) is 71.5. The number of nitro benzene ring substituents is 2. The first-order valence-electron chi connectivity index (χ1n) is 20.1. The predicted molar refractivity (Wildman–Crippen MR) is 227 cm³/mol. The third-order valence-corrected chi connectivity index (χ3v) is 11.3. The van der Waals surface area contributed by atoms with Crippen molar-refractivity contribution < 1.29 is 42.1 Å². The average Bonchev–Trinajstić information content (AvgIpc) is 3.31. The van der Waals surface area contributed by atoms with E-state index < -0.39 is 21.7 Å². The molecule has 0 unspecified atom stereocenters. The highest BCUT2D eigenvalue weighted by atomic mass is 79.9. The molecule has 4 aliphatic heterocycles. The molecule has 23 heteroatoms. The van der Waals surface area contributed by atoms with Gasteiger partial charge in [0.05, 0.1) is 63.2 Å². The van der Waals surface area contributed by atoms with E-state index in [9.17, 15) is 43.0 Å². The van der Waals surface area contributed by atoms with Gasteiger partial charge in [-0.25, -0.2) is 15.0 Å². The Morgan fingerprint density at radius 2 is 1.06 bits per heavy atom. The van der Waals surface area contributed by atoms with Gasteiger partial charge in [-0.15, -0.1) is 0 Å². The zero-order chi connectivity index (χ0) is 44.7. The lowest BCUT2D eigenvalue weighted by molar-refractivity contribution is -0.385. The van der Waals surface area contributed by atoms with Crippen molar-refractivity contribution in [1.82, 2.24) is 24.8 Å². The van der Waals surface area contributed by atoms with E-state index in [-0.39, 0.29) is 47.7 Å². The Bertz CT molecular complexity index is 2280. The van der Waals surface area contributed by atoms with Gasteiger partial charge in [-0.2, -0.15) is 13.2 Å². The number of hydrogen-bond acceptors (Lipinski definition) is 15. The molecular weight excluding hydrogens is 899 g/mol. The Labute approximate surface area is 367 Å². The SMILES string of the molecule is O=C(c1cc([N+](=O)[O-])ccc1N1CCOCC1)N1CCN(c2cccc(C(F)(F)F)n2)CC1.O=C(c1cc([N+](=O)[O-])ccc1N1CCOCC1)N1CCN(c2ncc(Br)cn2)CC1. The molecule has 4 fully saturated rings. The van der Waals surface area contributed by atoms with Crippen LogP contribution in [-0.2, 0) is 15.7 Å². The van der Waals surface area contributed by atoms with Crippen LogP contribution in [0.2, 0.25) is 0 Å². The third kappa shape index (κ3) is 10.9. The highest BCUT2D eigenvalue weighted by molar-refractivity contribution is 9.10. The molecule has 0 aliphatic carbocycles. The van der Waals surface area contributed by atoms with Gasteiger partial charge in [0.15, 0.2) is 0 Å². The molecule has 0 saturated carbocycles. The lowest BCUT2D eigenvalue weighted by atomic mass is 10.1. The molecule has 0 radical (unpaired) electrons. The summed E-state index contributed by atoms with van der Waals surface area (Å²) in [6.07, 6.45) is -1.15. The second-order valence-electron chi connectivity index (χ2n) is 14.8. The molecule has 19 nitrogen and oxygen atoms in total. The number of carbonyl (C=O) groups excluding carboxylic acids is 2. The maximum Gasteiger partial charge on any atom is 0.433 e. The average molecular weight is 943 g/mol. The van der Waals surface area contributed by atoms with E-state index in [1.54, 1.807) is 39.2 Å². The number of aromatic nitrogens is 3. The largest absolute Gasteiger partial charge is 0.433 e. The fourth-order valence-electron chi connectivity index (χ4n) is 7.59. The zero-order valence-electron chi connectivity index (χ0n) is 33.9. The number of nitro groups is 2. The van der Waals surface area contributed by atoms with Crippen LogP contribution < -0.4 is 19.6 Å². The van der Waals surface area contributed by atoms with Gasteiger partial charge in [-0.1, -0.05) is 6.07 Å². The van der Waals surface area contributed by atoms with Crippen molar-refractivity contribution in [2.45, 2.75) is 6.18 Å². The minimum absolute atomic E-state index is 0.0859. The van der Waals surface area contributed by atoms with Crippen LogP contribution in [0.5, 0.6) is 0 Å². The molecule has 2 amide bonds. The number of hydrogen-bond donors (Lipinski definition) is 0. The van der Waals surface area contributed by atoms with Crippen LogP contribution in [0.1, 0.15) is 26.4 Å². The molecule has 4 aliphatic rings. The molecule has 0 N–H and O–H groups in total. The number of pyridine rings is 1. The van der Waals surface area contributed by atoms with Crippen molar-refractivity contribution in [3.05, 3.63) is 109 Å². The molecule has 2 aromatic heterocycles. The standard InChI is InChI=1S/C21H22F3N5O4.C19H21BrN6O4/c22-21(23,24)18-2-1-3-19(25-18)27-6-8-28(9-7-27)20(30)16-14-15(29(31)32)4-5-17(16)26-10-12-33-13-11-26;20-14-12-21-19(22-13-14)25-5-3-24(4-6-25)18(27)16-11-15(26(28)29)1-2-17(16)23-7-9-30-10-8-23/h1-5,14H,6-13H2;1-2,11-13H,3-10H2. The monoisotopic (exact) mass is 941 g/mol. The number of carbonyl (C=O) groups is 2. The summed E-state index contributed by atoms with van der Waals surface area (Å²) in [5, 5.41) is 22.6. The van der Waals surface area contributed by atoms with Crippen molar-refractivity contribution in [3.8, 4) is 0 Å². The van der Waals surface area contributed by atoms with Gasteiger partial charge in [-0.3, -0.25) is 29.8 Å².